The number of hydrogen-bond donors (Lipinski definition) is 2. The van der Waals surface area contributed by atoms with E-state index in [0.717, 1.165) is 28.6 Å². The standard InChI is InChI=1S/C19H21BrN2O2/c1-13-3-2-4-14(11-13)7-9-21-19(23)22-17-8-10-24-18-6-5-15(20)12-16(17)18/h2-6,11-12,17H,7-10H2,1H3,(H2,21,22,23). The van der Waals surface area contributed by atoms with Crippen molar-refractivity contribution in [3.8, 4) is 5.75 Å². The number of aryl methyl sites for hydroxylation is 1. The lowest BCUT2D eigenvalue weighted by Crippen LogP contribution is -2.40. The van der Waals surface area contributed by atoms with Crippen molar-refractivity contribution in [2.45, 2.75) is 25.8 Å². The molecule has 5 heteroatoms. The Morgan fingerprint density at radius 1 is 1.29 bits per heavy atom. The van der Waals surface area contributed by atoms with Crippen LogP contribution in [0, 0.1) is 6.92 Å². The van der Waals surface area contributed by atoms with E-state index < -0.39 is 0 Å². The van der Waals surface area contributed by atoms with Crippen LogP contribution in [0.2, 0.25) is 0 Å². The molecule has 1 unspecified atom stereocenters. The van der Waals surface area contributed by atoms with Crippen molar-refractivity contribution >= 4 is 22.0 Å². The number of urea groups is 1. The summed E-state index contributed by atoms with van der Waals surface area (Å²) in [5.41, 5.74) is 3.49. The molecule has 0 bridgehead atoms. The number of nitrogens with one attached hydrogen (secondary N) is 2. The lowest BCUT2D eigenvalue weighted by atomic mass is 10.0. The number of halogens is 1. The lowest BCUT2D eigenvalue weighted by molar-refractivity contribution is 0.223. The van der Waals surface area contributed by atoms with Gasteiger partial charge < -0.3 is 15.4 Å². The number of hydrogen-bond acceptors (Lipinski definition) is 2. The largest absolute Gasteiger partial charge is 0.493 e. The first-order valence-corrected chi connectivity index (χ1v) is 8.93. The van der Waals surface area contributed by atoms with Crippen molar-refractivity contribution in [3.05, 3.63) is 63.6 Å². The summed E-state index contributed by atoms with van der Waals surface area (Å²) in [6, 6.07) is 14.1. The van der Waals surface area contributed by atoms with Gasteiger partial charge in [-0.3, -0.25) is 0 Å². The second kappa shape index (κ2) is 7.71. The fourth-order valence-electron chi connectivity index (χ4n) is 2.91. The summed E-state index contributed by atoms with van der Waals surface area (Å²) in [6.07, 6.45) is 1.60. The number of benzene rings is 2. The first-order valence-electron chi connectivity index (χ1n) is 8.14. The molecule has 4 nitrogen and oxygen atoms in total. The SMILES string of the molecule is Cc1cccc(CCNC(=O)NC2CCOc3ccc(Br)cc32)c1. The van der Waals surface area contributed by atoms with Crippen LogP contribution in [0.1, 0.15) is 29.2 Å². The molecule has 0 radical (unpaired) electrons. The van der Waals surface area contributed by atoms with E-state index in [2.05, 4.69) is 51.7 Å². The molecule has 126 valence electrons. The Morgan fingerprint density at radius 3 is 3.00 bits per heavy atom. The molecule has 0 aliphatic carbocycles. The van der Waals surface area contributed by atoms with Gasteiger partial charge in [0.1, 0.15) is 5.75 Å². The molecular formula is C19H21BrN2O2. The van der Waals surface area contributed by atoms with Gasteiger partial charge in [-0.05, 0) is 37.1 Å². The molecular weight excluding hydrogens is 368 g/mol. The lowest BCUT2D eigenvalue weighted by Gasteiger charge is -2.27. The number of carbonyl (C=O) groups is 1. The van der Waals surface area contributed by atoms with Crippen LogP contribution in [0.15, 0.2) is 46.9 Å². The first-order chi connectivity index (χ1) is 11.6. The van der Waals surface area contributed by atoms with Crippen molar-refractivity contribution in [2.24, 2.45) is 0 Å². The predicted molar refractivity (Wildman–Crippen MR) is 98.4 cm³/mol. The first kappa shape index (κ1) is 16.8. The van der Waals surface area contributed by atoms with Crippen molar-refractivity contribution in [1.82, 2.24) is 10.6 Å². The van der Waals surface area contributed by atoms with Crippen LogP contribution < -0.4 is 15.4 Å². The maximum Gasteiger partial charge on any atom is 0.315 e. The highest BCUT2D eigenvalue weighted by Crippen LogP contribution is 2.33. The Morgan fingerprint density at radius 2 is 2.17 bits per heavy atom. The fraction of sp³-hybridized carbons (Fsp3) is 0.316. The Labute approximate surface area is 150 Å². The smallest absolute Gasteiger partial charge is 0.315 e. The van der Waals surface area contributed by atoms with Crippen LogP contribution in [0.4, 0.5) is 4.79 Å². The van der Waals surface area contributed by atoms with Gasteiger partial charge in [-0.25, -0.2) is 4.79 Å². The fourth-order valence-corrected chi connectivity index (χ4v) is 3.29. The second-order valence-electron chi connectivity index (χ2n) is 6.01. The van der Waals surface area contributed by atoms with Crippen molar-refractivity contribution in [3.63, 3.8) is 0 Å². The molecule has 0 spiro atoms. The minimum Gasteiger partial charge on any atom is -0.493 e. The molecule has 2 aromatic rings. The number of carbonyl (C=O) groups excluding carboxylic acids is 1. The third-order valence-electron chi connectivity index (χ3n) is 4.10. The van der Waals surface area contributed by atoms with E-state index in [1.54, 1.807) is 0 Å². The van der Waals surface area contributed by atoms with Gasteiger partial charge in [0.2, 0.25) is 0 Å². The molecule has 1 aliphatic rings. The van der Waals surface area contributed by atoms with E-state index in [-0.39, 0.29) is 12.1 Å². The van der Waals surface area contributed by atoms with Gasteiger partial charge in [-0.15, -0.1) is 0 Å². The van der Waals surface area contributed by atoms with Crippen LogP contribution in [-0.2, 0) is 6.42 Å². The van der Waals surface area contributed by atoms with E-state index in [1.807, 2.05) is 24.3 Å². The third kappa shape index (κ3) is 4.29. The van der Waals surface area contributed by atoms with Crippen LogP contribution in [0.25, 0.3) is 0 Å². The van der Waals surface area contributed by atoms with Gasteiger partial charge in [0.25, 0.3) is 0 Å². The highest BCUT2D eigenvalue weighted by atomic mass is 79.9. The van der Waals surface area contributed by atoms with Gasteiger partial charge in [-0.2, -0.15) is 0 Å². The molecule has 2 aromatic carbocycles. The highest BCUT2D eigenvalue weighted by molar-refractivity contribution is 9.10. The van der Waals surface area contributed by atoms with E-state index in [4.69, 9.17) is 4.74 Å². The molecule has 0 fully saturated rings. The average Bonchev–Trinajstić information content (AvgIpc) is 2.55. The summed E-state index contributed by atoms with van der Waals surface area (Å²) >= 11 is 3.47. The Hall–Kier alpha value is -2.01. The van der Waals surface area contributed by atoms with Crippen molar-refractivity contribution in [2.75, 3.05) is 13.2 Å². The van der Waals surface area contributed by atoms with Gasteiger partial charge in [0.05, 0.1) is 12.6 Å². The molecule has 0 saturated heterocycles. The minimum absolute atomic E-state index is 0.0229. The third-order valence-corrected chi connectivity index (χ3v) is 4.59. The van der Waals surface area contributed by atoms with Crippen LogP contribution in [0.3, 0.4) is 0 Å². The number of fused-ring (bicyclic) bond motifs is 1. The Bertz CT molecular complexity index is 733. The van der Waals surface area contributed by atoms with Gasteiger partial charge >= 0.3 is 6.03 Å². The number of rotatable bonds is 4. The summed E-state index contributed by atoms with van der Waals surface area (Å²) in [5, 5.41) is 5.99. The summed E-state index contributed by atoms with van der Waals surface area (Å²) in [4.78, 5) is 12.2. The van der Waals surface area contributed by atoms with E-state index in [9.17, 15) is 4.79 Å². The molecule has 1 aliphatic heterocycles. The number of amides is 2. The number of ether oxygens (including phenoxy) is 1. The summed E-state index contributed by atoms with van der Waals surface area (Å²) in [5.74, 6) is 0.842. The summed E-state index contributed by atoms with van der Waals surface area (Å²) < 4.78 is 6.63. The zero-order valence-electron chi connectivity index (χ0n) is 13.6. The maximum atomic E-state index is 12.2. The highest BCUT2D eigenvalue weighted by Gasteiger charge is 2.23. The quantitative estimate of drug-likeness (QED) is 0.827. The van der Waals surface area contributed by atoms with Crippen molar-refractivity contribution < 1.29 is 9.53 Å². The van der Waals surface area contributed by atoms with E-state index in [1.165, 1.54) is 11.1 Å². The maximum absolute atomic E-state index is 12.2. The molecule has 24 heavy (non-hydrogen) atoms. The normalized spacial score (nSPS) is 16.0. The summed E-state index contributed by atoms with van der Waals surface area (Å²) in [6.45, 7) is 3.30. The average molecular weight is 389 g/mol. The Kier molecular flexibility index (Phi) is 5.41. The molecule has 0 aromatic heterocycles. The van der Waals surface area contributed by atoms with Crippen molar-refractivity contribution in [1.29, 1.82) is 0 Å². The molecule has 3 rings (SSSR count). The van der Waals surface area contributed by atoms with Crippen LogP contribution >= 0.6 is 15.9 Å². The molecule has 1 atom stereocenters. The molecule has 2 N–H and O–H groups in total. The Balaban J connectivity index is 1.53. The van der Waals surface area contributed by atoms with E-state index in [0.29, 0.717) is 13.2 Å². The molecule has 2 amide bonds. The zero-order chi connectivity index (χ0) is 16.9. The van der Waals surface area contributed by atoms with Crippen LogP contribution in [-0.4, -0.2) is 19.2 Å². The predicted octanol–water partition coefficient (Wildman–Crippen LogP) is 4.12. The van der Waals surface area contributed by atoms with Gasteiger partial charge in [-0.1, -0.05) is 45.8 Å². The minimum atomic E-state index is -0.138. The van der Waals surface area contributed by atoms with Gasteiger partial charge in [0, 0.05) is 23.0 Å². The zero-order valence-corrected chi connectivity index (χ0v) is 15.2. The summed E-state index contributed by atoms with van der Waals surface area (Å²) in [7, 11) is 0. The topological polar surface area (TPSA) is 50.4 Å². The van der Waals surface area contributed by atoms with Gasteiger partial charge in [0.15, 0.2) is 0 Å². The molecule has 1 heterocycles. The monoisotopic (exact) mass is 388 g/mol. The second-order valence-corrected chi connectivity index (χ2v) is 6.93. The molecule has 0 saturated carbocycles. The van der Waals surface area contributed by atoms with E-state index >= 15 is 0 Å². The van der Waals surface area contributed by atoms with Crippen LogP contribution in [0.5, 0.6) is 5.75 Å².